The first-order valence-corrected chi connectivity index (χ1v) is 6.82. The van der Waals surface area contributed by atoms with E-state index in [0.717, 1.165) is 31.2 Å². The Morgan fingerprint density at radius 3 is 2.28 bits per heavy atom. The van der Waals surface area contributed by atoms with Gasteiger partial charge in [-0.05, 0) is 55.1 Å². The van der Waals surface area contributed by atoms with Crippen molar-refractivity contribution in [3.63, 3.8) is 0 Å². The molecule has 2 aliphatic carbocycles. The van der Waals surface area contributed by atoms with Crippen LogP contribution in [0.25, 0.3) is 0 Å². The molecule has 0 saturated heterocycles. The smallest absolute Gasteiger partial charge is 0.324 e. The summed E-state index contributed by atoms with van der Waals surface area (Å²) in [6, 6.07) is 6.79. The van der Waals surface area contributed by atoms with E-state index in [1.807, 2.05) is 6.07 Å². The third-order valence-corrected chi connectivity index (χ3v) is 4.83. The number of thioether (sulfide) groups is 1. The topological polar surface area (TPSA) is 26.0 Å². The molecule has 2 aliphatic rings. The van der Waals surface area contributed by atoms with Crippen LogP contribution in [0.3, 0.4) is 0 Å². The largest absolute Gasteiger partial charge is 0.446 e. The van der Waals surface area contributed by atoms with Crippen LogP contribution in [0.15, 0.2) is 29.2 Å². The van der Waals surface area contributed by atoms with Crippen molar-refractivity contribution >= 4 is 11.8 Å². The Hall–Kier alpha value is -0.680. The molecule has 2 fully saturated rings. The summed E-state index contributed by atoms with van der Waals surface area (Å²) in [5.41, 5.74) is 2.82. The van der Waals surface area contributed by atoms with Crippen LogP contribution < -0.4 is 5.73 Å². The van der Waals surface area contributed by atoms with Gasteiger partial charge in [0.05, 0.1) is 0 Å². The minimum atomic E-state index is -4.23. The zero-order valence-corrected chi connectivity index (χ0v) is 10.6. The standard InChI is InChI=1S/C13H14F3NS/c14-13(15,16)18-10-3-1-2-9(8-10)11(4-5-11)12(17)6-7-12/h1-3,8H,4-7,17H2. The highest BCUT2D eigenvalue weighted by atomic mass is 32.2. The van der Waals surface area contributed by atoms with Gasteiger partial charge in [0.2, 0.25) is 0 Å². The van der Waals surface area contributed by atoms with Gasteiger partial charge in [0, 0.05) is 15.8 Å². The van der Waals surface area contributed by atoms with Gasteiger partial charge < -0.3 is 5.73 Å². The predicted molar refractivity (Wildman–Crippen MR) is 65.4 cm³/mol. The summed E-state index contributed by atoms with van der Waals surface area (Å²) in [6.07, 6.45) is 3.99. The van der Waals surface area contributed by atoms with Crippen LogP contribution in [-0.4, -0.2) is 11.0 Å². The minimum absolute atomic E-state index is 0.0465. The molecule has 0 atom stereocenters. The second kappa shape index (κ2) is 3.67. The van der Waals surface area contributed by atoms with Crippen LogP contribution in [0.5, 0.6) is 0 Å². The number of benzene rings is 1. The lowest BCUT2D eigenvalue weighted by atomic mass is 9.86. The fourth-order valence-electron chi connectivity index (χ4n) is 2.80. The Labute approximate surface area is 108 Å². The average molecular weight is 273 g/mol. The number of hydrogen-bond acceptors (Lipinski definition) is 2. The second-order valence-corrected chi connectivity index (χ2v) is 6.45. The summed E-state index contributed by atoms with van der Waals surface area (Å²) in [4.78, 5) is 0.260. The van der Waals surface area contributed by atoms with Gasteiger partial charge >= 0.3 is 5.51 Å². The lowest BCUT2D eigenvalue weighted by molar-refractivity contribution is -0.0328. The molecule has 98 valence electrons. The summed E-state index contributed by atoms with van der Waals surface area (Å²) in [6.45, 7) is 0. The molecule has 5 heteroatoms. The molecule has 0 amide bonds. The number of nitrogens with two attached hydrogens (primary N) is 1. The molecule has 2 saturated carbocycles. The van der Waals surface area contributed by atoms with E-state index < -0.39 is 5.51 Å². The number of alkyl halides is 3. The van der Waals surface area contributed by atoms with Crippen molar-refractivity contribution in [1.29, 1.82) is 0 Å². The number of halogens is 3. The van der Waals surface area contributed by atoms with E-state index in [9.17, 15) is 13.2 Å². The van der Waals surface area contributed by atoms with Crippen LogP contribution in [0.4, 0.5) is 13.2 Å². The first-order valence-electron chi connectivity index (χ1n) is 6.00. The lowest BCUT2D eigenvalue weighted by Gasteiger charge is -2.23. The number of rotatable bonds is 3. The Bertz CT molecular complexity index is 475. The van der Waals surface area contributed by atoms with Crippen LogP contribution in [0.1, 0.15) is 31.2 Å². The summed E-state index contributed by atoms with van der Waals surface area (Å²) in [7, 11) is 0. The maximum absolute atomic E-state index is 12.4. The third kappa shape index (κ3) is 2.03. The molecule has 0 unspecified atom stereocenters. The Morgan fingerprint density at radius 1 is 1.11 bits per heavy atom. The van der Waals surface area contributed by atoms with Crippen molar-refractivity contribution in [1.82, 2.24) is 0 Å². The predicted octanol–water partition coefficient (Wildman–Crippen LogP) is 3.82. The van der Waals surface area contributed by atoms with Crippen LogP contribution in [0, 0.1) is 0 Å². The summed E-state index contributed by atoms with van der Waals surface area (Å²) in [5, 5.41) is 0. The van der Waals surface area contributed by atoms with Gasteiger partial charge in [-0.3, -0.25) is 0 Å². The first-order chi connectivity index (χ1) is 8.35. The summed E-state index contributed by atoms with van der Waals surface area (Å²) < 4.78 is 37.1. The normalized spacial score (nSPS) is 23.8. The fraction of sp³-hybridized carbons (Fsp3) is 0.538. The van der Waals surface area contributed by atoms with Gasteiger partial charge in [0.15, 0.2) is 0 Å². The minimum Gasteiger partial charge on any atom is -0.324 e. The lowest BCUT2D eigenvalue weighted by Crippen LogP contribution is -2.37. The molecule has 0 spiro atoms. The molecule has 0 heterocycles. The van der Waals surface area contributed by atoms with Gasteiger partial charge in [0.25, 0.3) is 0 Å². The van der Waals surface area contributed by atoms with Crippen LogP contribution >= 0.6 is 11.8 Å². The highest BCUT2D eigenvalue weighted by Gasteiger charge is 2.64. The van der Waals surface area contributed by atoms with E-state index in [4.69, 9.17) is 5.73 Å². The van der Waals surface area contributed by atoms with Gasteiger partial charge in [-0.2, -0.15) is 13.2 Å². The number of hydrogen-bond donors (Lipinski definition) is 1. The van der Waals surface area contributed by atoms with E-state index in [2.05, 4.69) is 0 Å². The van der Waals surface area contributed by atoms with Gasteiger partial charge in [0.1, 0.15) is 0 Å². The molecular formula is C13H14F3NS. The van der Waals surface area contributed by atoms with Crippen molar-refractivity contribution in [3.05, 3.63) is 29.8 Å². The monoisotopic (exact) mass is 273 g/mol. The maximum atomic E-state index is 12.4. The Morgan fingerprint density at radius 2 is 1.78 bits per heavy atom. The third-order valence-electron chi connectivity index (χ3n) is 4.11. The Kier molecular flexibility index (Phi) is 2.52. The average Bonchev–Trinajstić information content (AvgIpc) is 3.10. The van der Waals surface area contributed by atoms with Crippen molar-refractivity contribution in [2.24, 2.45) is 5.73 Å². The molecule has 2 N–H and O–H groups in total. The fourth-order valence-corrected chi connectivity index (χ4v) is 3.40. The molecule has 0 radical (unpaired) electrons. The quantitative estimate of drug-likeness (QED) is 0.847. The molecule has 18 heavy (non-hydrogen) atoms. The molecule has 1 aromatic carbocycles. The SMILES string of the molecule is NC1(C2(c3cccc(SC(F)(F)F)c3)CC2)CC1. The highest BCUT2D eigenvalue weighted by Crippen LogP contribution is 2.63. The molecular weight excluding hydrogens is 259 g/mol. The summed E-state index contributed by atoms with van der Waals surface area (Å²) >= 11 is -0.0510. The van der Waals surface area contributed by atoms with E-state index in [1.54, 1.807) is 12.1 Å². The van der Waals surface area contributed by atoms with Gasteiger partial charge in [-0.1, -0.05) is 12.1 Å². The molecule has 0 aliphatic heterocycles. The first kappa shape index (κ1) is 12.4. The van der Waals surface area contributed by atoms with Crippen molar-refractivity contribution in [2.75, 3.05) is 0 Å². The van der Waals surface area contributed by atoms with E-state index in [0.29, 0.717) is 0 Å². The molecule has 1 aromatic rings. The van der Waals surface area contributed by atoms with Crippen LogP contribution in [0.2, 0.25) is 0 Å². The maximum Gasteiger partial charge on any atom is 0.446 e. The molecule has 0 bridgehead atoms. The van der Waals surface area contributed by atoms with Crippen molar-refractivity contribution in [3.8, 4) is 0 Å². The molecule has 0 aromatic heterocycles. The molecule has 3 rings (SSSR count). The Balaban J connectivity index is 1.88. The van der Waals surface area contributed by atoms with Gasteiger partial charge in [-0.25, -0.2) is 0 Å². The summed E-state index contributed by atoms with van der Waals surface area (Å²) in [5.74, 6) is 0. The zero-order chi connectivity index (χ0) is 13.0. The second-order valence-electron chi connectivity index (χ2n) is 5.31. The van der Waals surface area contributed by atoms with E-state index in [-0.39, 0.29) is 27.6 Å². The van der Waals surface area contributed by atoms with E-state index in [1.165, 1.54) is 6.07 Å². The highest BCUT2D eigenvalue weighted by molar-refractivity contribution is 8.00. The van der Waals surface area contributed by atoms with Gasteiger partial charge in [-0.15, -0.1) is 0 Å². The van der Waals surface area contributed by atoms with Crippen molar-refractivity contribution in [2.45, 2.75) is 47.0 Å². The van der Waals surface area contributed by atoms with Crippen molar-refractivity contribution < 1.29 is 13.2 Å². The molecule has 1 nitrogen and oxygen atoms in total. The zero-order valence-electron chi connectivity index (χ0n) is 9.76. The van der Waals surface area contributed by atoms with E-state index >= 15 is 0 Å². The van der Waals surface area contributed by atoms with Crippen LogP contribution in [-0.2, 0) is 5.41 Å².